The molecular weight excluding hydrogens is 470 g/mol. The van der Waals surface area contributed by atoms with E-state index in [-0.39, 0.29) is 11.7 Å². The summed E-state index contributed by atoms with van der Waals surface area (Å²) in [5, 5.41) is 9.68. The molecule has 0 aromatic heterocycles. The molecule has 0 unspecified atom stereocenters. The number of ether oxygens (including phenoxy) is 1. The first-order valence-electron chi connectivity index (χ1n) is 6.43. The van der Waals surface area contributed by atoms with Crippen molar-refractivity contribution in [3.05, 3.63) is 24.8 Å². The van der Waals surface area contributed by atoms with Gasteiger partial charge in [-0.25, -0.2) is 4.79 Å². The summed E-state index contributed by atoms with van der Waals surface area (Å²) in [7, 11) is 0. The number of hydrogen-bond acceptors (Lipinski definition) is 3. The second-order valence-corrected chi connectivity index (χ2v) is 7.22. The van der Waals surface area contributed by atoms with Crippen molar-refractivity contribution in [1.29, 1.82) is 0 Å². The molecule has 0 spiro atoms. The van der Waals surface area contributed by atoms with E-state index in [0.29, 0.717) is 25.2 Å². The van der Waals surface area contributed by atoms with Crippen molar-refractivity contribution in [3.63, 3.8) is 0 Å². The standard InChI is InChI=1S/C14H16I2O3/c15-11-6-10(7-12(16)13(11)17)14(18)19-8-9-4-2-1-3-5-9/h6-7,9,17H,1-5,8H2. The molecule has 1 N–H and O–H groups in total. The van der Waals surface area contributed by atoms with E-state index < -0.39 is 0 Å². The monoisotopic (exact) mass is 486 g/mol. The third kappa shape index (κ3) is 4.21. The first kappa shape index (κ1) is 15.3. The van der Waals surface area contributed by atoms with Gasteiger partial charge in [0, 0.05) is 0 Å². The van der Waals surface area contributed by atoms with Gasteiger partial charge in [0.25, 0.3) is 0 Å². The quantitative estimate of drug-likeness (QED) is 0.511. The summed E-state index contributed by atoms with van der Waals surface area (Å²) in [6.07, 6.45) is 6.13. The SMILES string of the molecule is O=C(OCC1CCCCC1)c1cc(I)c(O)c(I)c1. The molecule has 1 aromatic carbocycles. The smallest absolute Gasteiger partial charge is 0.338 e. The minimum atomic E-state index is -0.290. The van der Waals surface area contributed by atoms with Gasteiger partial charge in [0.2, 0.25) is 0 Å². The summed E-state index contributed by atoms with van der Waals surface area (Å²) in [6, 6.07) is 3.34. The third-order valence-corrected chi connectivity index (χ3v) is 5.07. The molecule has 1 aromatic rings. The van der Waals surface area contributed by atoms with Crippen LogP contribution < -0.4 is 0 Å². The maximum absolute atomic E-state index is 12.0. The van der Waals surface area contributed by atoms with Gasteiger partial charge in [-0.05, 0) is 76.1 Å². The van der Waals surface area contributed by atoms with Crippen LogP contribution in [0.3, 0.4) is 0 Å². The molecule has 5 heteroatoms. The summed E-state index contributed by atoms with van der Waals surface area (Å²) in [5.41, 5.74) is 0.516. The molecule has 2 rings (SSSR count). The Balaban J connectivity index is 1.96. The first-order valence-corrected chi connectivity index (χ1v) is 8.59. The number of carbonyl (C=O) groups excluding carboxylic acids is 1. The zero-order chi connectivity index (χ0) is 13.8. The Morgan fingerprint density at radius 3 is 2.37 bits per heavy atom. The Kier molecular flexibility index (Phi) is 5.73. The Bertz CT molecular complexity index is 445. The predicted octanol–water partition coefficient (Wildman–Crippen LogP) is 4.34. The number of carbonyl (C=O) groups is 1. The number of aromatic hydroxyl groups is 1. The van der Waals surface area contributed by atoms with Gasteiger partial charge in [-0.2, -0.15) is 0 Å². The van der Waals surface area contributed by atoms with E-state index in [9.17, 15) is 9.90 Å². The predicted molar refractivity (Wildman–Crippen MR) is 90.4 cm³/mol. The lowest BCUT2D eigenvalue weighted by Crippen LogP contribution is -2.17. The number of phenolic OH excluding ortho intramolecular Hbond substituents is 1. The minimum absolute atomic E-state index is 0.227. The van der Waals surface area contributed by atoms with Crippen molar-refractivity contribution < 1.29 is 14.6 Å². The lowest BCUT2D eigenvalue weighted by atomic mass is 9.90. The normalized spacial score (nSPS) is 16.3. The Morgan fingerprint density at radius 2 is 1.79 bits per heavy atom. The van der Waals surface area contributed by atoms with Crippen LogP contribution in [0.5, 0.6) is 5.75 Å². The minimum Gasteiger partial charge on any atom is -0.506 e. The molecule has 0 atom stereocenters. The summed E-state index contributed by atoms with van der Waals surface area (Å²) in [5.74, 6) is 0.458. The fourth-order valence-corrected chi connectivity index (χ4v) is 4.08. The van der Waals surface area contributed by atoms with Crippen molar-refractivity contribution in [2.24, 2.45) is 5.92 Å². The maximum atomic E-state index is 12.0. The average Bonchev–Trinajstić information content (AvgIpc) is 2.42. The summed E-state index contributed by atoms with van der Waals surface area (Å²) >= 11 is 4.04. The highest BCUT2D eigenvalue weighted by Crippen LogP contribution is 2.28. The van der Waals surface area contributed by atoms with Gasteiger partial charge in [-0.15, -0.1) is 0 Å². The van der Waals surface area contributed by atoms with E-state index in [4.69, 9.17) is 4.74 Å². The van der Waals surface area contributed by atoms with Crippen LogP contribution in [0.1, 0.15) is 42.5 Å². The van der Waals surface area contributed by atoms with Gasteiger partial charge in [-0.3, -0.25) is 0 Å². The van der Waals surface area contributed by atoms with E-state index in [2.05, 4.69) is 0 Å². The van der Waals surface area contributed by atoms with Gasteiger partial charge in [0.05, 0.1) is 19.3 Å². The second-order valence-electron chi connectivity index (χ2n) is 4.89. The summed E-state index contributed by atoms with van der Waals surface area (Å²) in [4.78, 5) is 12.0. The van der Waals surface area contributed by atoms with Crippen LogP contribution in [0.15, 0.2) is 12.1 Å². The van der Waals surface area contributed by atoms with Crippen LogP contribution >= 0.6 is 45.2 Å². The van der Waals surface area contributed by atoms with Gasteiger partial charge >= 0.3 is 5.97 Å². The highest BCUT2D eigenvalue weighted by atomic mass is 127. The molecular formula is C14H16I2O3. The number of benzene rings is 1. The molecule has 1 saturated carbocycles. The topological polar surface area (TPSA) is 46.5 Å². The number of rotatable bonds is 3. The largest absolute Gasteiger partial charge is 0.506 e. The zero-order valence-electron chi connectivity index (χ0n) is 10.5. The van der Waals surface area contributed by atoms with Crippen molar-refractivity contribution in [3.8, 4) is 5.75 Å². The van der Waals surface area contributed by atoms with E-state index in [1.54, 1.807) is 12.1 Å². The molecule has 1 aliphatic carbocycles. The molecule has 19 heavy (non-hydrogen) atoms. The lowest BCUT2D eigenvalue weighted by Gasteiger charge is -2.21. The van der Waals surface area contributed by atoms with Crippen molar-refractivity contribution in [2.75, 3.05) is 6.61 Å². The van der Waals surface area contributed by atoms with E-state index >= 15 is 0 Å². The molecule has 0 aliphatic heterocycles. The van der Waals surface area contributed by atoms with Crippen LogP contribution in [0.25, 0.3) is 0 Å². The molecule has 0 bridgehead atoms. The Labute approximate surface area is 140 Å². The van der Waals surface area contributed by atoms with Crippen LogP contribution in [0, 0.1) is 13.1 Å². The molecule has 1 fully saturated rings. The molecule has 3 nitrogen and oxygen atoms in total. The Hall–Kier alpha value is -0.0500. The van der Waals surface area contributed by atoms with Crippen molar-refractivity contribution >= 4 is 51.2 Å². The third-order valence-electron chi connectivity index (χ3n) is 3.43. The molecule has 1 aliphatic rings. The van der Waals surface area contributed by atoms with E-state index in [1.807, 2.05) is 45.2 Å². The number of halogens is 2. The maximum Gasteiger partial charge on any atom is 0.338 e. The molecule has 0 radical (unpaired) electrons. The fraction of sp³-hybridized carbons (Fsp3) is 0.500. The van der Waals surface area contributed by atoms with Crippen molar-refractivity contribution in [1.82, 2.24) is 0 Å². The van der Waals surface area contributed by atoms with Gasteiger partial charge in [0.1, 0.15) is 5.75 Å². The fourth-order valence-electron chi connectivity index (χ4n) is 2.31. The van der Waals surface area contributed by atoms with Crippen LogP contribution in [0.2, 0.25) is 0 Å². The zero-order valence-corrected chi connectivity index (χ0v) is 14.8. The van der Waals surface area contributed by atoms with Crippen molar-refractivity contribution in [2.45, 2.75) is 32.1 Å². The van der Waals surface area contributed by atoms with Gasteiger partial charge in [0.15, 0.2) is 0 Å². The van der Waals surface area contributed by atoms with Gasteiger partial charge < -0.3 is 9.84 Å². The number of esters is 1. The molecule has 104 valence electrons. The van der Waals surface area contributed by atoms with E-state index in [1.165, 1.54) is 19.3 Å². The highest BCUT2D eigenvalue weighted by molar-refractivity contribution is 14.1. The molecule has 0 saturated heterocycles. The molecule has 0 amide bonds. The second kappa shape index (κ2) is 7.10. The average molecular weight is 486 g/mol. The number of hydrogen-bond donors (Lipinski definition) is 1. The highest BCUT2D eigenvalue weighted by Gasteiger charge is 2.17. The lowest BCUT2D eigenvalue weighted by molar-refractivity contribution is 0.0410. The summed E-state index contributed by atoms with van der Waals surface area (Å²) < 4.78 is 6.74. The van der Waals surface area contributed by atoms with Crippen LogP contribution in [-0.2, 0) is 4.74 Å². The van der Waals surface area contributed by atoms with Crippen LogP contribution in [-0.4, -0.2) is 17.7 Å². The summed E-state index contributed by atoms with van der Waals surface area (Å²) in [6.45, 7) is 0.521. The van der Waals surface area contributed by atoms with Gasteiger partial charge in [-0.1, -0.05) is 19.3 Å². The number of phenols is 1. The Morgan fingerprint density at radius 1 is 1.21 bits per heavy atom. The van der Waals surface area contributed by atoms with E-state index in [0.717, 1.165) is 12.8 Å². The molecule has 0 heterocycles. The van der Waals surface area contributed by atoms with Crippen LogP contribution in [0.4, 0.5) is 0 Å². The first-order chi connectivity index (χ1) is 9.08.